The molecule has 1 saturated heterocycles. The molecule has 0 aromatic heterocycles. The van der Waals surface area contributed by atoms with Crippen molar-refractivity contribution in [2.45, 2.75) is 6.04 Å². The molecule has 1 unspecified atom stereocenters. The molecule has 0 saturated carbocycles. The summed E-state index contributed by atoms with van der Waals surface area (Å²) in [5.74, 6) is 0. The van der Waals surface area contributed by atoms with Crippen LogP contribution in [0.25, 0.3) is 0 Å². The molecule has 0 bridgehead atoms. The first-order valence-corrected chi connectivity index (χ1v) is 8.47. The number of rotatable bonds is 4. The van der Waals surface area contributed by atoms with Crippen molar-refractivity contribution in [3.63, 3.8) is 0 Å². The van der Waals surface area contributed by atoms with Crippen molar-refractivity contribution in [1.82, 2.24) is 10.2 Å². The number of hydrogen-bond donors (Lipinski definition) is 2. The zero-order chi connectivity index (χ0) is 15.5. The highest BCUT2D eigenvalue weighted by molar-refractivity contribution is 7.92. The maximum absolute atomic E-state index is 12.0. The van der Waals surface area contributed by atoms with Crippen LogP contribution in [0.3, 0.4) is 0 Å². The number of carbonyl (C=O) groups is 1. The van der Waals surface area contributed by atoms with E-state index in [0.717, 1.165) is 6.26 Å². The van der Waals surface area contributed by atoms with E-state index in [1.807, 2.05) is 0 Å². The molecule has 1 amide bonds. The van der Waals surface area contributed by atoms with Crippen LogP contribution in [0.4, 0.5) is 10.5 Å². The quantitative estimate of drug-likeness (QED) is 0.840. The molecule has 0 spiro atoms. The van der Waals surface area contributed by atoms with Gasteiger partial charge in [-0.1, -0.05) is 18.2 Å². The van der Waals surface area contributed by atoms with Gasteiger partial charge in [-0.3, -0.25) is 4.31 Å². The molecular formula is C13H19N3O4S. The summed E-state index contributed by atoms with van der Waals surface area (Å²) in [5.41, 5.74) is 0.538. The lowest BCUT2D eigenvalue weighted by molar-refractivity contribution is 0.115. The molecule has 0 radical (unpaired) electrons. The Balaban J connectivity index is 2.25. The Hall–Kier alpha value is -1.80. The lowest BCUT2D eigenvalue weighted by Gasteiger charge is -2.37. The van der Waals surface area contributed by atoms with Crippen LogP contribution < -0.4 is 9.62 Å². The van der Waals surface area contributed by atoms with Crippen molar-refractivity contribution in [2.24, 2.45) is 0 Å². The Morgan fingerprint density at radius 1 is 1.43 bits per heavy atom. The standard InChI is InChI=1S/C13H19N3O4S/c1-21(19,20)16(11-5-3-2-4-6-11)10-12-9-14-7-8-15(12)13(17)18/h2-6,12,14H,7-10H2,1H3,(H,17,18). The lowest BCUT2D eigenvalue weighted by Crippen LogP contribution is -2.57. The summed E-state index contributed by atoms with van der Waals surface area (Å²) in [5, 5.41) is 12.3. The van der Waals surface area contributed by atoms with Crippen molar-refractivity contribution < 1.29 is 18.3 Å². The number of anilines is 1. The second-order valence-corrected chi connectivity index (χ2v) is 6.87. The summed E-state index contributed by atoms with van der Waals surface area (Å²) in [6.07, 6.45) is 0.101. The summed E-state index contributed by atoms with van der Waals surface area (Å²) >= 11 is 0. The number of para-hydroxylation sites is 1. The monoisotopic (exact) mass is 313 g/mol. The third kappa shape index (κ3) is 3.85. The topological polar surface area (TPSA) is 90.0 Å². The first-order valence-electron chi connectivity index (χ1n) is 6.62. The number of amides is 1. The van der Waals surface area contributed by atoms with Gasteiger partial charge in [0.15, 0.2) is 0 Å². The van der Waals surface area contributed by atoms with Crippen LogP contribution in [0.5, 0.6) is 0 Å². The van der Waals surface area contributed by atoms with E-state index in [0.29, 0.717) is 25.3 Å². The number of benzene rings is 1. The van der Waals surface area contributed by atoms with Gasteiger partial charge in [-0.25, -0.2) is 13.2 Å². The van der Waals surface area contributed by atoms with Gasteiger partial charge < -0.3 is 15.3 Å². The van der Waals surface area contributed by atoms with E-state index < -0.39 is 22.2 Å². The van der Waals surface area contributed by atoms with E-state index in [2.05, 4.69) is 5.32 Å². The summed E-state index contributed by atoms with van der Waals surface area (Å²) in [7, 11) is -3.48. The molecule has 8 heteroatoms. The molecule has 1 aromatic carbocycles. The first kappa shape index (κ1) is 15.6. The smallest absolute Gasteiger partial charge is 0.407 e. The van der Waals surface area contributed by atoms with Crippen LogP contribution in [0, 0.1) is 0 Å². The molecule has 2 N–H and O–H groups in total. The molecule has 1 fully saturated rings. The molecule has 1 heterocycles. The lowest BCUT2D eigenvalue weighted by atomic mass is 10.2. The Morgan fingerprint density at radius 3 is 2.67 bits per heavy atom. The van der Waals surface area contributed by atoms with E-state index in [4.69, 9.17) is 0 Å². The minimum Gasteiger partial charge on any atom is -0.465 e. The average molecular weight is 313 g/mol. The van der Waals surface area contributed by atoms with Crippen molar-refractivity contribution in [3.8, 4) is 0 Å². The fourth-order valence-electron chi connectivity index (χ4n) is 2.39. The molecule has 21 heavy (non-hydrogen) atoms. The number of nitrogens with zero attached hydrogens (tertiary/aromatic N) is 2. The van der Waals surface area contributed by atoms with Crippen molar-refractivity contribution in [1.29, 1.82) is 0 Å². The predicted octanol–water partition coefficient (Wildman–Crippen LogP) is 0.404. The summed E-state index contributed by atoms with van der Waals surface area (Å²) in [6, 6.07) is 8.29. The summed E-state index contributed by atoms with van der Waals surface area (Å²) in [6.45, 7) is 1.46. The SMILES string of the molecule is CS(=O)(=O)N(CC1CNCCN1C(=O)O)c1ccccc1. The molecule has 0 aliphatic carbocycles. The minimum atomic E-state index is -3.48. The predicted molar refractivity (Wildman–Crippen MR) is 80.0 cm³/mol. The first-order chi connectivity index (χ1) is 9.89. The number of piperazine rings is 1. The Bertz CT molecular complexity index is 591. The summed E-state index contributed by atoms with van der Waals surface area (Å²) < 4.78 is 25.3. The van der Waals surface area contributed by atoms with Gasteiger partial charge >= 0.3 is 6.09 Å². The molecule has 7 nitrogen and oxygen atoms in total. The van der Waals surface area contributed by atoms with E-state index in [-0.39, 0.29) is 6.54 Å². The molecule has 1 aromatic rings. The minimum absolute atomic E-state index is 0.0994. The molecule has 1 atom stereocenters. The maximum Gasteiger partial charge on any atom is 0.407 e. The summed E-state index contributed by atoms with van der Waals surface area (Å²) in [4.78, 5) is 12.6. The molecule has 1 aliphatic rings. The highest BCUT2D eigenvalue weighted by Crippen LogP contribution is 2.19. The van der Waals surface area contributed by atoms with E-state index in [9.17, 15) is 18.3 Å². The van der Waals surface area contributed by atoms with Gasteiger partial charge in [-0.05, 0) is 12.1 Å². The van der Waals surface area contributed by atoms with Crippen molar-refractivity contribution in [2.75, 3.05) is 36.7 Å². The Kier molecular flexibility index (Phi) is 4.69. The maximum atomic E-state index is 12.0. The van der Waals surface area contributed by atoms with Crippen LogP contribution in [0.2, 0.25) is 0 Å². The highest BCUT2D eigenvalue weighted by atomic mass is 32.2. The molecular weight excluding hydrogens is 294 g/mol. The van der Waals surface area contributed by atoms with Gasteiger partial charge in [0.25, 0.3) is 0 Å². The normalized spacial score (nSPS) is 19.3. The van der Waals surface area contributed by atoms with Gasteiger partial charge in [-0.2, -0.15) is 0 Å². The van der Waals surface area contributed by atoms with Crippen molar-refractivity contribution >= 4 is 21.8 Å². The van der Waals surface area contributed by atoms with Crippen LogP contribution in [-0.4, -0.2) is 63.0 Å². The second-order valence-electron chi connectivity index (χ2n) is 4.96. The van der Waals surface area contributed by atoms with E-state index in [1.54, 1.807) is 30.3 Å². The molecule has 2 rings (SSSR count). The molecule has 116 valence electrons. The van der Waals surface area contributed by atoms with Crippen LogP contribution >= 0.6 is 0 Å². The average Bonchev–Trinajstić information content (AvgIpc) is 2.44. The number of hydrogen-bond acceptors (Lipinski definition) is 4. The Morgan fingerprint density at radius 2 is 2.10 bits per heavy atom. The third-order valence-corrected chi connectivity index (χ3v) is 4.58. The van der Waals surface area contributed by atoms with Gasteiger partial charge in [-0.15, -0.1) is 0 Å². The van der Waals surface area contributed by atoms with Gasteiger partial charge in [0.05, 0.1) is 24.5 Å². The number of sulfonamides is 1. The fraction of sp³-hybridized carbons (Fsp3) is 0.462. The van der Waals surface area contributed by atoms with Crippen LogP contribution in [-0.2, 0) is 10.0 Å². The van der Waals surface area contributed by atoms with Gasteiger partial charge in [0.1, 0.15) is 0 Å². The zero-order valence-electron chi connectivity index (χ0n) is 11.8. The van der Waals surface area contributed by atoms with Gasteiger partial charge in [0.2, 0.25) is 10.0 Å². The largest absolute Gasteiger partial charge is 0.465 e. The van der Waals surface area contributed by atoms with E-state index >= 15 is 0 Å². The number of nitrogens with one attached hydrogen (secondary N) is 1. The second kappa shape index (κ2) is 6.31. The van der Waals surface area contributed by atoms with E-state index in [1.165, 1.54) is 9.21 Å². The highest BCUT2D eigenvalue weighted by Gasteiger charge is 2.30. The number of carboxylic acid groups (broad SMARTS) is 1. The van der Waals surface area contributed by atoms with Crippen LogP contribution in [0.15, 0.2) is 30.3 Å². The van der Waals surface area contributed by atoms with Crippen molar-refractivity contribution in [3.05, 3.63) is 30.3 Å². The van der Waals surface area contributed by atoms with Crippen LogP contribution in [0.1, 0.15) is 0 Å². The Labute approximate surface area is 124 Å². The fourth-order valence-corrected chi connectivity index (χ4v) is 3.34. The van der Waals surface area contributed by atoms with Gasteiger partial charge in [0, 0.05) is 19.6 Å². The zero-order valence-corrected chi connectivity index (χ0v) is 12.6. The molecule has 1 aliphatic heterocycles. The third-order valence-electron chi connectivity index (χ3n) is 3.42.